The molecular weight excluding hydrogens is 328 g/mol. The van der Waals surface area contributed by atoms with Crippen LogP contribution in [0.15, 0.2) is 16.5 Å². The standard InChI is InChI=1S/C16H18N4O3S/c1-9-3-4-12(23-9)13(19-7-5-11(21)6-8-19)14-15(22)20-16(24-14)17-10(2)18-20/h3-4,13,22H,5-8H2,1-2H3. The highest BCUT2D eigenvalue weighted by atomic mass is 32.1. The Morgan fingerprint density at radius 3 is 2.67 bits per heavy atom. The van der Waals surface area contributed by atoms with Crippen LogP contribution in [0.1, 0.15) is 41.1 Å². The number of aromatic nitrogens is 3. The monoisotopic (exact) mass is 346 g/mol. The van der Waals surface area contributed by atoms with Crippen LogP contribution >= 0.6 is 11.3 Å². The van der Waals surface area contributed by atoms with Crippen LogP contribution in [0.3, 0.4) is 0 Å². The van der Waals surface area contributed by atoms with Crippen LogP contribution in [0.25, 0.3) is 4.96 Å². The van der Waals surface area contributed by atoms with Crippen LogP contribution in [0.5, 0.6) is 5.88 Å². The first-order chi connectivity index (χ1) is 11.5. The first-order valence-electron chi connectivity index (χ1n) is 7.90. The van der Waals surface area contributed by atoms with Crippen molar-refractivity contribution < 1.29 is 14.3 Å². The number of likely N-dealkylation sites (tertiary alicyclic amines) is 1. The Hall–Kier alpha value is -2.19. The first kappa shape index (κ1) is 15.3. The van der Waals surface area contributed by atoms with Gasteiger partial charge in [0.05, 0.1) is 4.88 Å². The van der Waals surface area contributed by atoms with Gasteiger partial charge < -0.3 is 9.52 Å². The second-order valence-corrected chi connectivity index (χ2v) is 7.08. The minimum Gasteiger partial charge on any atom is -0.492 e. The minimum absolute atomic E-state index is 0.0894. The van der Waals surface area contributed by atoms with E-state index in [1.54, 1.807) is 6.92 Å². The Labute approximate surface area is 142 Å². The smallest absolute Gasteiger partial charge is 0.230 e. The van der Waals surface area contributed by atoms with Gasteiger partial charge in [0.1, 0.15) is 29.2 Å². The van der Waals surface area contributed by atoms with Crippen molar-refractivity contribution in [3.8, 4) is 5.88 Å². The molecule has 1 fully saturated rings. The highest BCUT2D eigenvalue weighted by Crippen LogP contribution is 2.41. The number of hydrogen-bond acceptors (Lipinski definition) is 7. The number of aryl methyl sites for hydroxylation is 2. The number of fused-ring (bicyclic) bond motifs is 1. The molecule has 1 unspecified atom stereocenters. The Morgan fingerprint density at radius 1 is 1.29 bits per heavy atom. The number of Topliss-reactive ketones (excluding diaryl/α,β-unsaturated/α-hetero) is 1. The zero-order valence-electron chi connectivity index (χ0n) is 13.5. The summed E-state index contributed by atoms with van der Waals surface area (Å²) in [6.07, 6.45) is 1.05. The molecule has 1 saturated heterocycles. The first-order valence-corrected chi connectivity index (χ1v) is 8.71. The number of piperidine rings is 1. The molecule has 3 aromatic heterocycles. The van der Waals surface area contributed by atoms with Crippen molar-refractivity contribution in [3.63, 3.8) is 0 Å². The lowest BCUT2D eigenvalue weighted by Gasteiger charge is -2.32. The Balaban J connectivity index is 1.80. The van der Waals surface area contributed by atoms with E-state index in [1.165, 1.54) is 15.9 Å². The van der Waals surface area contributed by atoms with Gasteiger partial charge in [-0.05, 0) is 26.0 Å². The van der Waals surface area contributed by atoms with Crippen LogP contribution in [0.4, 0.5) is 0 Å². The number of furan rings is 1. The summed E-state index contributed by atoms with van der Waals surface area (Å²) in [5.41, 5.74) is 0. The van der Waals surface area contributed by atoms with Crippen LogP contribution in [-0.2, 0) is 4.79 Å². The summed E-state index contributed by atoms with van der Waals surface area (Å²) in [7, 11) is 0. The SMILES string of the molecule is Cc1nc2sc(C(c3ccc(C)o3)N3CCC(=O)CC3)c(O)n2n1. The van der Waals surface area contributed by atoms with E-state index < -0.39 is 0 Å². The van der Waals surface area contributed by atoms with E-state index in [4.69, 9.17) is 4.42 Å². The molecule has 0 radical (unpaired) electrons. The predicted octanol–water partition coefficient (Wildman–Crippen LogP) is 2.46. The molecule has 0 spiro atoms. The van der Waals surface area contributed by atoms with Crippen LogP contribution in [0.2, 0.25) is 0 Å². The Bertz CT molecular complexity index is 900. The lowest BCUT2D eigenvalue weighted by molar-refractivity contribution is -0.121. The molecule has 1 N–H and O–H groups in total. The van der Waals surface area contributed by atoms with Crippen molar-refractivity contribution in [2.24, 2.45) is 0 Å². The van der Waals surface area contributed by atoms with Gasteiger partial charge in [-0.1, -0.05) is 11.3 Å². The average Bonchev–Trinajstić information content (AvgIpc) is 3.20. The second kappa shape index (κ2) is 5.71. The fourth-order valence-corrected chi connectivity index (χ4v) is 4.28. The lowest BCUT2D eigenvalue weighted by atomic mass is 10.0. The van der Waals surface area contributed by atoms with E-state index >= 15 is 0 Å². The molecule has 0 aliphatic carbocycles. The third kappa shape index (κ3) is 2.51. The summed E-state index contributed by atoms with van der Waals surface area (Å²) in [5, 5.41) is 14.9. The normalized spacial score (nSPS) is 17.7. The number of ketones is 1. The number of aromatic hydroxyl groups is 1. The summed E-state index contributed by atoms with van der Waals surface area (Å²) in [6.45, 7) is 4.99. The minimum atomic E-state index is -0.236. The summed E-state index contributed by atoms with van der Waals surface area (Å²) in [6, 6.07) is 3.60. The van der Waals surface area contributed by atoms with Gasteiger partial charge in [-0.15, -0.1) is 5.10 Å². The molecule has 7 nitrogen and oxygen atoms in total. The second-order valence-electron chi connectivity index (χ2n) is 6.07. The summed E-state index contributed by atoms with van der Waals surface area (Å²) in [5.74, 6) is 2.57. The predicted molar refractivity (Wildman–Crippen MR) is 88.4 cm³/mol. The van der Waals surface area contributed by atoms with Crippen molar-refractivity contribution in [3.05, 3.63) is 34.4 Å². The van der Waals surface area contributed by atoms with Gasteiger partial charge in [0.25, 0.3) is 0 Å². The molecule has 126 valence electrons. The molecule has 0 aromatic carbocycles. The highest BCUT2D eigenvalue weighted by molar-refractivity contribution is 7.17. The number of thiazole rings is 1. The van der Waals surface area contributed by atoms with Gasteiger partial charge in [0.2, 0.25) is 10.8 Å². The van der Waals surface area contributed by atoms with Gasteiger partial charge in [-0.25, -0.2) is 4.98 Å². The maximum Gasteiger partial charge on any atom is 0.230 e. The molecule has 0 bridgehead atoms. The van der Waals surface area contributed by atoms with Crippen LogP contribution in [0, 0.1) is 13.8 Å². The molecule has 8 heteroatoms. The van der Waals surface area contributed by atoms with Crippen LogP contribution < -0.4 is 0 Å². The fourth-order valence-electron chi connectivity index (χ4n) is 3.13. The average molecular weight is 346 g/mol. The largest absolute Gasteiger partial charge is 0.492 e. The van der Waals surface area contributed by atoms with E-state index in [2.05, 4.69) is 15.0 Å². The summed E-state index contributed by atoms with van der Waals surface area (Å²) in [4.78, 5) is 19.5. The molecule has 3 aromatic rings. The third-order valence-corrected chi connectivity index (χ3v) is 5.38. The van der Waals surface area contributed by atoms with Gasteiger partial charge in [-0.3, -0.25) is 9.69 Å². The van der Waals surface area contributed by atoms with E-state index in [-0.39, 0.29) is 17.7 Å². The Morgan fingerprint density at radius 2 is 2.04 bits per heavy atom. The van der Waals surface area contributed by atoms with E-state index in [0.717, 1.165) is 16.4 Å². The molecule has 4 heterocycles. The van der Waals surface area contributed by atoms with E-state index in [9.17, 15) is 9.90 Å². The summed E-state index contributed by atoms with van der Waals surface area (Å²) >= 11 is 1.40. The van der Waals surface area contributed by atoms with Gasteiger partial charge in [0, 0.05) is 25.9 Å². The Kier molecular flexibility index (Phi) is 3.65. The lowest BCUT2D eigenvalue weighted by Crippen LogP contribution is -2.37. The van der Waals surface area contributed by atoms with Gasteiger partial charge >= 0.3 is 0 Å². The van der Waals surface area contributed by atoms with Gasteiger partial charge in [0.15, 0.2) is 0 Å². The molecule has 0 amide bonds. The number of carbonyl (C=O) groups excluding carboxylic acids is 1. The zero-order chi connectivity index (χ0) is 16.8. The number of hydrogen-bond donors (Lipinski definition) is 1. The molecule has 1 aliphatic heterocycles. The number of nitrogens with zero attached hydrogens (tertiary/aromatic N) is 4. The van der Waals surface area contributed by atoms with Crippen molar-refractivity contribution in [2.45, 2.75) is 32.7 Å². The number of rotatable bonds is 3. The van der Waals surface area contributed by atoms with Crippen molar-refractivity contribution in [1.29, 1.82) is 0 Å². The molecule has 24 heavy (non-hydrogen) atoms. The van der Waals surface area contributed by atoms with E-state index in [0.29, 0.717) is 36.7 Å². The molecule has 1 atom stereocenters. The van der Waals surface area contributed by atoms with Crippen molar-refractivity contribution >= 4 is 22.1 Å². The molecular formula is C16H18N4O3S. The fraction of sp³-hybridized carbons (Fsp3) is 0.438. The molecule has 0 saturated carbocycles. The summed E-state index contributed by atoms with van der Waals surface area (Å²) < 4.78 is 7.32. The molecule has 1 aliphatic rings. The van der Waals surface area contributed by atoms with Gasteiger partial charge in [-0.2, -0.15) is 4.52 Å². The topological polar surface area (TPSA) is 83.9 Å². The zero-order valence-corrected chi connectivity index (χ0v) is 14.3. The quantitative estimate of drug-likeness (QED) is 0.784. The van der Waals surface area contributed by atoms with E-state index in [1.807, 2.05) is 19.1 Å². The van der Waals surface area contributed by atoms with Crippen molar-refractivity contribution in [1.82, 2.24) is 19.5 Å². The third-order valence-electron chi connectivity index (χ3n) is 4.31. The number of carbonyl (C=O) groups is 1. The molecule has 4 rings (SSSR count). The maximum absolute atomic E-state index is 11.6. The van der Waals surface area contributed by atoms with Crippen molar-refractivity contribution in [2.75, 3.05) is 13.1 Å². The highest BCUT2D eigenvalue weighted by Gasteiger charge is 2.33. The van der Waals surface area contributed by atoms with Crippen LogP contribution in [-0.4, -0.2) is 43.5 Å². The maximum atomic E-state index is 11.6.